The third-order valence-corrected chi connectivity index (χ3v) is 3.58. The molecular formula is C14H18N2O4. The maximum absolute atomic E-state index is 11.7. The zero-order valence-corrected chi connectivity index (χ0v) is 11.3. The lowest BCUT2D eigenvalue weighted by molar-refractivity contribution is -0.142. The van der Waals surface area contributed by atoms with Crippen LogP contribution in [0.1, 0.15) is 36.0 Å². The first-order chi connectivity index (χ1) is 9.61. The van der Waals surface area contributed by atoms with Crippen LogP contribution in [-0.4, -0.2) is 35.2 Å². The summed E-state index contributed by atoms with van der Waals surface area (Å²) in [7, 11) is 1.32. The number of rotatable bonds is 4. The quantitative estimate of drug-likeness (QED) is 0.818. The second-order valence-corrected chi connectivity index (χ2v) is 4.93. The summed E-state index contributed by atoms with van der Waals surface area (Å²) in [6.45, 7) is 0. The molecule has 1 saturated carbocycles. The molecule has 0 spiro atoms. The molecule has 108 valence electrons. The molecule has 1 heterocycles. The number of methoxy groups -OCH3 is 1. The standard InChI is InChI=1S/C14H18N2O4/c1-20-14(19)11-6-3-7-15-12(11)16-10-5-2-4-9(8-10)13(17)18/h3,6-7,9-10H,2,4-5,8H2,1H3,(H,15,16)(H,17,18). The number of esters is 1. The SMILES string of the molecule is COC(=O)c1cccnc1NC1CCCC(C(=O)O)C1. The number of nitrogens with one attached hydrogen (secondary N) is 1. The molecule has 1 aromatic heterocycles. The minimum absolute atomic E-state index is 0.0168. The maximum Gasteiger partial charge on any atom is 0.341 e. The number of aromatic nitrogens is 1. The Balaban J connectivity index is 2.10. The fraction of sp³-hybridized carbons (Fsp3) is 0.500. The van der Waals surface area contributed by atoms with Crippen molar-refractivity contribution in [2.45, 2.75) is 31.7 Å². The molecule has 1 fully saturated rings. The summed E-state index contributed by atoms with van der Waals surface area (Å²) in [5, 5.41) is 12.3. The number of hydrogen-bond acceptors (Lipinski definition) is 5. The molecule has 0 amide bonds. The minimum Gasteiger partial charge on any atom is -0.481 e. The molecule has 20 heavy (non-hydrogen) atoms. The van der Waals surface area contributed by atoms with Gasteiger partial charge in [-0.05, 0) is 31.4 Å². The van der Waals surface area contributed by atoms with Crippen LogP contribution in [0.5, 0.6) is 0 Å². The monoisotopic (exact) mass is 278 g/mol. The van der Waals surface area contributed by atoms with E-state index in [2.05, 4.69) is 10.3 Å². The highest BCUT2D eigenvalue weighted by Crippen LogP contribution is 2.27. The summed E-state index contributed by atoms with van der Waals surface area (Å²) in [6, 6.07) is 3.32. The maximum atomic E-state index is 11.7. The number of carboxylic acids is 1. The number of carbonyl (C=O) groups is 2. The van der Waals surface area contributed by atoms with Gasteiger partial charge in [0.05, 0.1) is 13.0 Å². The van der Waals surface area contributed by atoms with Crippen molar-refractivity contribution in [1.29, 1.82) is 0 Å². The van der Waals surface area contributed by atoms with Crippen LogP contribution in [0, 0.1) is 5.92 Å². The van der Waals surface area contributed by atoms with E-state index in [0.717, 1.165) is 12.8 Å². The Bertz CT molecular complexity index is 504. The topological polar surface area (TPSA) is 88.5 Å². The number of aliphatic carboxylic acids is 1. The van der Waals surface area contributed by atoms with Crippen LogP contribution in [0.25, 0.3) is 0 Å². The largest absolute Gasteiger partial charge is 0.481 e. The van der Waals surface area contributed by atoms with Crippen molar-refractivity contribution in [2.75, 3.05) is 12.4 Å². The summed E-state index contributed by atoms with van der Waals surface area (Å²) in [5.41, 5.74) is 0.368. The molecule has 0 saturated heterocycles. The normalized spacial score (nSPS) is 22.1. The minimum atomic E-state index is -0.759. The van der Waals surface area contributed by atoms with Crippen molar-refractivity contribution in [3.8, 4) is 0 Å². The predicted molar refractivity (Wildman–Crippen MR) is 72.6 cm³/mol. The summed E-state index contributed by atoms with van der Waals surface area (Å²) in [6.07, 6.45) is 4.58. The number of carbonyl (C=O) groups excluding carboxylic acids is 1. The second kappa shape index (κ2) is 6.36. The van der Waals surface area contributed by atoms with Crippen molar-refractivity contribution in [3.05, 3.63) is 23.9 Å². The van der Waals surface area contributed by atoms with Crippen molar-refractivity contribution >= 4 is 17.8 Å². The molecule has 1 aliphatic carbocycles. The first kappa shape index (κ1) is 14.3. The smallest absolute Gasteiger partial charge is 0.341 e. The predicted octanol–water partition coefficient (Wildman–Crippen LogP) is 1.92. The van der Waals surface area contributed by atoms with Crippen molar-refractivity contribution in [1.82, 2.24) is 4.98 Å². The van der Waals surface area contributed by atoms with E-state index in [1.54, 1.807) is 18.3 Å². The van der Waals surface area contributed by atoms with Crippen LogP contribution in [-0.2, 0) is 9.53 Å². The van der Waals surface area contributed by atoms with Crippen molar-refractivity contribution in [3.63, 3.8) is 0 Å². The fourth-order valence-corrected chi connectivity index (χ4v) is 2.53. The zero-order chi connectivity index (χ0) is 14.5. The van der Waals surface area contributed by atoms with Crippen LogP contribution < -0.4 is 5.32 Å². The van der Waals surface area contributed by atoms with E-state index in [4.69, 9.17) is 9.84 Å². The summed E-state index contributed by atoms with van der Waals surface area (Å²) in [5.74, 6) is -1.08. The molecule has 2 rings (SSSR count). The number of pyridine rings is 1. The second-order valence-electron chi connectivity index (χ2n) is 4.93. The van der Waals surface area contributed by atoms with Crippen molar-refractivity contribution < 1.29 is 19.4 Å². The molecule has 0 bridgehead atoms. The van der Waals surface area contributed by atoms with Crippen LogP contribution in [0.3, 0.4) is 0 Å². The van der Waals surface area contributed by atoms with Gasteiger partial charge in [0, 0.05) is 12.2 Å². The molecular weight excluding hydrogens is 260 g/mol. The molecule has 0 aliphatic heterocycles. The average Bonchev–Trinajstić information content (AvgIpc) is 2.47. The number of hydrogen-bond donors (Lipinski definition) is 2. The third kappa shape index (κ3) is 3.26. The van der Waals surface area contributed by atoms with E-state index >= 15 is 0 Å². The van der Waals surface area contributed by atoms with Gasteiger partial charge in [0.15, 0.2) is 0 Å². The van der Waals surface area contributed by atoms with Crippen LogP contribution in [0.2, 0.25) is 0 Å². The van der Waals surface area contributed by atoms with Crippen LogP contribution in [0.4, 0.5) is 5.82 Å². The van der Waals surface area contributed by atoms with Gasteiger partial charge in [-0.1, -0.05) is 6.42 Å². The van der Waals surface area contributed by atoms with Gasteiger partial charge >= 0.3 is 11.9 Å². The van der Waals surface area contributed by atoms with Gasteiger partial charge < -0.3 is 15.2 Å². The molecule has 6 heteroatoms. The highest BCUT2D eigenvalue weighted by molar-refractivity contribution is 5.94. The van der Waals surface area contributed by atoms with Gasteiger partial charge in [0.1, 0.15) is 11.4 Å². The Morgan fingerprint density at radius 3 is 2.95 bits per heavy atom. The molecule has 0 aromatic carbocycles. The van der Waals surface area contributed by atoms with E-state index in [0.29, 0.717) is 24.2 Å². The molecule has 6 nitrogen and oxygen atoms in total. The van der Waals surface area contributed by atoms with E-state index in [1.165, 1.54) is 7.11 Å². The Labute approximate surface area is 117 Å². The summed E-state index contributed by atoms with van der Waals surface area (Å²) < 4.78 is 4.71. The lowest BCUT2D eigenvalue weighted by Crippen LogP contribution is -2.31. The first-order valence-electron chi connectivity index (χ1n) is 6.64. The number of anilines is 1. The van der Waals surface area contributed by atoms with Crippen molar-refractivity contribution in [2.24, 2.45) is 5.92 Å². The molecule has 2 unspecified atom stereocenters. The first-order valence-corrected chi connectivity index (χ1v) is 6.64. The van der Waals surface area contributed by atoms with Gasteiger partial charge in [-0.2, -0.15) is 0 Å². The molecule has 2 atom stereocenters. The lowest BCUT2D eigenvalue weighted by Gasteiger charge is -2.28. The Hall–Kier alpha value is -2.11. The zero-order valence-electron chi connectivity index (χ0n) is 11.3. The highest BCUT2D eigenvalue weighted by atomic mass is 16.5. The highest BCUT2D eigenvalue weighted by Gasteiger charge is 2.27. The molecule has 2 N–H and O–H groups in total. The van der Waals surface area contributed by atoms with E-state index in [9.17, 15) is 9.59 Å². The van der Waals surface area contributed by atoms with Gasteiger partial charge in [-0.3, -0.25) is 4.79 Å². The third-order valence-electron chi connectivity index (χ3n) is 3.58. The number of carboxylic acid groups (broad SMARTS) is 1. The van der Waals surface area contributed by atoms with Gasteiger partial charge in [-0.25, -0.2) is 9.78 Å². The van der Waals surface area contributed by atoms with E-state index < -0.39 is 11.9 Å². The van der Waals surface area contributed by atoms with E-state index in [-0.39, 0.29) is 12.0 Å². The Kier molecular flexibility index (Phi) is 4.55. The van der Waals surface area contributed by atoms with E-state index in [1.807, 2.05) is 0 Å². The number of ether oxygens (including phenoxy) is 1. The average molecular weight is 278 g/mol. The summed E-state index contributed by atoms with van der Waals surface area (Å²) in [4.78, 5) is 26.9. The lowest BCUT2D eigenvalue weighted by atomic mass is 9.86. The number of nitrogens with zero attached hydrogens (tertiary/aromatic N) is 1. The van der Waals surface area contributed by atoms with Gasteiger partial charge in [0.25, 0.3) is 0 Å². The molecule has 1 aromatic rings. The van der Waals surface area contributed by atoms with Crippen LogP contribution >= 0.6 is 0 Å². The molecule has 0 radical (unpaired) electrons. The van der Waals surface area contributed by atoms with Gasteiger partial charge in [-0.15, -0.1) is 0 Å². The molecule has 1 aliphatic rings. The Morgan fingerprint density at radius 1 is 1.45 bits per heavy atom. The van der Waals surface area contributed by atoms with Crippen LogP contribution in [0.15, 0.2) is 18.3 Å². The fourth-order valence-electron chi connectivity index (χ4n) is 2.53. The summed E-state index contributed by atoms with van der Waals surface area (Å²) >= 11 is 0. The Morgan fingerprint density at radius 2 is 2.25 bits per heavy atom. The van der Waals surface area contributed by atoms with Gasteiger partial charge in [0.2, 0.25) is 0 Å².